The van der Waals surface area contributed by atoms with E-state index in [1.807, 2.05) is 6.07 Å². The molecule has 6 heteroatoms. The predicted molar refractivity (Wildman–Crippen MR) is 128 cm³/mol. The molecule has 0 unspecified atom stereocenters. The minimum Gasteiger partial charge on any atom is -0.447 e. The molecular formula is C27H33N3O3. The van der Waals surface area contributed by atoms with Crippen LogP contribution in [0.1, 0.15) is 64.4 Å². The van der Waals surface area contributed by atoms with Gasteiger partial charge in [0.25, 0.3) is 5.91 Å². The molecule has 0 radical (unpaired) electrons. The lowest BCUT2D eigenvalue weighted by Gasteiger charge is -2.29. The first-order chi connectivity index (χ1) is 16.0. The van der Waals surface area contributed by atoms with Crippen molar-refractivity contribution >= 4 is 5.91 Å². The van der Waals surface area contributed by atoms with Crippen LogP contribution in [0.2, 0.25) is 0 Å². The minimum absolute atomic E-state index is 0.0975. The molecule has 1 aliphatic rings. The van der Waals surface area contributed by atoms with Crippen LogP contribution in [-0.2, 0) is 17.8 Å². The van der Waals surface area contributed by atoms with E-state index in [0.717, 1.165) is 26.0 Å². The maximum absolute atomic E-state index is 12.5. The third-order valence-electron chi connectivity index (χ3n) is 6.34. The van der Waals surface area contributed by atoms with Crippen molar-refractivity contribution in [3.8, 4) is 0 Å². The molecule has 1 saturated heterocycles. The van der Waals surface area contributed by atoms with Gasteiger partial charge in [0.2, 0.25) is 5.89 Å². The summed E-state index contributed by atoms with van der Waals surface area (Å²) in [6.45, 7) is 8.98. The molecule has 4 rings (SSSR count). The topological polar surface area (TPSA) is 67.6 Å². The van der Waals surface area contributed by atoms with Gasteiger partial charge in [-0.1, -0.05) is 54.1 Å². The molecule has 1 fully saturated rings. The Kier molecular flexibility index (Phi) is 7.57. The monoisotopic (exact) mass is 447 g/mol. The highest BCUT2D eigenvalue weighted by Crippen LogP contribution is 2.26. The average Bonchev–Trinajstić information content (AvgIpc) is 3.51. The Bertz CT molecular complexity index is 1060. The van der Waals surface area contributed by atoms with E-state index in [1.54, 1.807) is 0 Å². The largest absolute Gasteiger partial charge is 0.447 e. The van der Waals surface area contributed by atoms with Gasteiger partial charge in [0.1, 0.15) is 6.26 Å². The minimum atomic E-state index is -0.225. The summed E-state index contributed by atoms with van der Waals surface area (Å²) >= 11 is 0. The molecule has 1 amide bonds. The van der Waals surface area contributed by atoms with Crippen LogP contribution in [0.5, 0.6) is 0 Å². The van der Waals surface area contributed by atoms with Crippen molar-refractivity contribution in [1.29, 1.82) is 0 Å². The molecule has 1 aromatic heterocycles. The number of aromatic nitrogens is 1. The van der Waals surface area contributed by atoms with Gasteiger partial charge in [-0.2, -0.15) is 0 Å². The predicted octanol–water partition coefficient (Wildman–Crippen LogP) is 4.96. The molecule has 174 valence electrons. The van der Waals surface area contributed by atoms with E-state index in [-0.39, 0.29) is 18.1 Å². The van der Waals surface area contributed by atoms with Gasteiger partial charge in [0.15, 0.2) is 5.69 Å². The summed E-state index contributed by atoms with van der Waals surface area (Å²) in [5, 5.41) is 2.91. The molecule has 0 spiro atoms. The molecule has 0 aliphatic carbocycles. The zero-order valence-electron chi connectivity index (χ0n) is 19.7. The van der Waals surface area contributed by atoms with Gasteiger partial charge in [-0.25, -0.2) is 4.98 Å². The van der Waals surface area contributed by atoms with Crippen molar-refractivity contribution < 1.29 is 13.9 Å². The van der Waals surface area contributed by atoms with Crippen LogP contribution in [0.25, 0.3) is 0 Å². The van der Waals surface area contributed by atoms with E-state index in [0.29, 0.717) is 24.7 Å². The lowest BCUT2D eigenvalue weighted by atomic mass is 10.0. The van der Waals surface area contributed by atoms with Gasteiger partial charge in [-0.3, -0.25) is 9.69 Å². The maximum atomic E-state index is 12.5. The van der Waals surface area contributed by atoms with Crippen LogP contribution in [0.4, 0.5) is 0 Å². The van der Waals surface area contributed by atoms with Crippen LogP contribution < -0.4 is 5.32 Å². The third-order valence-corrected chi connectivity index (χ3v) is 6.34. The Labute approximate surface area is 196 Å². The van der Waals surface area contributed by atoms with Gasteiger partial charge in [0, 0.05) is 25.7 Å². The number of hydrogen-bond acceptors (Lipinski definition) is 5. The fourth-order valence-electron chi connectivity index (χ4n) is 4.28. The first kappa shape index (κ1) is 23.2. The molecule has 33 heavy (non-hydrogen) atoms. The van der Waals surface area contributed by atoms with Crippen molar-refractivity contribution in [2.75, 3.05) is 13.2 Å². The second-order valence-corrected chi connectivity index (χ2v) is 8.89. The van der Waals surface area contributed by atoms with Crippen molar-refractivity contribution in [2.24, 2.45) is 0 Å². The van der Waals surface area contributed by atoms with E-state index in [2.05, 4.69) is 78.4 Å². The van der Waals surface area contributed by atoms with Crippen molar-refractivity contribution in [1.82, 2.24) is 15.2 Å². The summed E-state index contributed by atoms with van der Waals surface area (Å²) in [6, 6.07) is 17.1. The zero-order chi connectivity index (χ0) is 23.2. The van der Waals surface area contributed by atoms with Gasteiger partial charge in [-0.15, -0.1) is 0 Å². The number of hydrogen-bond donors (Lipinski definition) is 1. The molecule has 2 aromatic carbocycles. The SMILES string of the molecule is Cc1ccc(CN(Cc2nc(C(=O)NC[C@H]3CCCO3)co2)[C@@H](C)c2ccccc2)c(C)c1. The van der Waals surface area contributed by atoms with Gasteiger partial charge in [0.05, 0.1) is 12.6 Å². The highest BCUT2D eigenvalue weighted by atomic mass is 16.5. The number of oxazole rings is 1. The normalized spacial score (nSPS) is 16.8. The molecule has 3 aromatic rings. The third kappa shape index (κ3) is 6.09. The van der Waals surface area contributed by atoms with Gasteiger partial charge in [-0.05, 0) is 50.3 Å². The molecule has 6 nitrogen and oxygen atoms in total. The van der Waals surface area contributed by atoms with Crippen LogP contribution in [0.15, 0.2) is 59.2 Å². The van der Waals surface area contributed by atoms with Crippen molar-refractivity contribution in [3.63, 3.8) is 0 Å². The Morgan fingerprint density at radius 3 is 2.73 bits per heavy atom. The van der Waals surface area contributed by atoms with E-state index >= 15 is 0 Å². The number of carbonyl (C=O) groups excluding carboxylic acids is 1. The first-order valence-corrected chi connectivity index (χ1v) is 11.7. The molecule has 0 bridgehead atoms. The highest BCUT2D eigenvalue weighted by molar-refractivity contribution is 5.91. The molecular weight excluding hydrogens is 414 g/mol. The zero-order valence-corrected chi connectivity index (χ0v) is 19.7. The second-order valence-electron chi connectivity index (χ2n) is 8.89. The summed E-state index contributed by atoms with van der Waals surface area (Å²) in [4.78, 5) is 19.3. The number of nitrogens with one attached hydrogen (secondary N) is 1. The summed E-state index contributed by atoms with van der Waals surface area (Å²) in [6.07, 6.45) is 3.57. The molecule has 2 heterocycles. The Morgan fingerprint density at radius 1 is 1.18 bits per heavy atom. The lowest BCUT2D eigenvalue weighted by molar-refractivity contribution is 0.0853. The summed E-state index contributed by atoms with van der Waals surface area (Å²) < 4.78 is 11.3. The van der Waals surface area contributed by atoms with E-state index in [4.69, 9.17) is 9.15 Å². The Hall–Kier alpha value is -2.96. The molecule has 2 atom stereocenters. The number of aryl methyl sites for hydroxylation is 2. The summed E-state index contributed by atoms with van der Waals surface area (Å²) in [7, 11) is 0. The summed E-state index contributed by atoms with van der Waals surface area (Å²) in [5.74, 6) is 0.308. The Morgan fingerprint density at radius 2 is 2.00 bits per heavy atom. The van der Waals surface area contributed by atoms with Crippen LogP contribution in [0, 0.1) is 13.8 Å². The van der Waals surface area contributed by atoms with Gasteiger partial charge < -0.3 is 14.5 Å². The lowest BCUT2D eigenvalue weighted by Crippen LogP contribution is -2.32. The first-order valence-electron chi connectivity index (χ1n) is 11.7. The number of amides is 1. The number of ether oxygens (including phenoxy) is 1. The van der Waals surface area contributed by atoms with Crippen LogP contribution >= 0.6 is 0 Å². The summed E-state index contributed by atoms with van der Waals surface area (Å²) in [5.41, 5.74) is 5.32. The van der Waals surface area contributed by atoms with E-state index in [9.17, 15) is 4.79 Å². The smallest absolute Gasteiger partial charge is 0.273 e. The van der Waals surface area contributed by atoms with E-state index in [1.165, 1.54) is 28.5 Å². The molecule has 0 saturated carbocycles. The van der Waals surface area contributed by atoms with Crippen molar-refractivity contribution in [3.05, 3.63) is 88.6 Å². The maximum Gasteiger partial charge on any atom is 0.273 e. The number of benzene rings is 2. The fraction of sp³-hybridized carbons (Fsp3) is 0.407. The average molecular weight is 448 g/mol. The van der Waals surface area contributed by atoms with E-state index < -0.39 is 0 Å². The Balaban J connectivity index is 1.48. The quantitative estimate of drug-likeness (QED) is 0.502. The standard InChI is InChI=1S/C27H33N3O3/c1-19-11-12-23(20(2)14-19)16-30(21(3)22-8-5-4-6-9-22)17-26-29-25(18-33-26)27(31)28-15-24-10-7-13-32-24/h4-6,8-9,11-12,14,18,21,24H,7,10,13,15-17H2,1-3H3,(H,28,31)/t21-,24+/m0/s1. The second kappa shape index (κ2) is 10.8. The highest BCUT2D eigenvalue weighted by Gasteiger charge is 2.22. The number of carbonyl (C=O) groups is 1. The molecule has 1 N–H and O–H groups in total. The molecule has 1 aliphatic heterocycles. The fourth-order valence-corrected chi connectivity index (χ4v) is 4.28. The number of rotatable bonds is 9. The van der Waals surface area contributed by atoms with Crippen molar-refractivity contribution in [2.45, 2.75) is 58.8 Å². The number of nitrogens with zero attached hydrogens (tertiary/aromatic N) is 2. The van der Waals surface area contributed by atoms with Crippen LogP contribution in [0.3, 0.4) is 0 Å². The van der Waals surface area contributed by atoms with Crippen LogP contribution in [-0.4, -0.2) is 35.0 Å². The van der Waals surface area contributed by atoms with Gasteiger partial charge >= 0.3 is 0 Å².